The summed E-state index contributed by atoms with van der Waals surface area (Å²) < 4.78 is 42.9. The van der Waals surface area contributed by atoms with Gasteiger partial charge < -0.3 is 9.72 Å². The number of ketones is 1. The predicted molar refractivity (Wildman–Crippen MR) is 94.1 cm³/mol. The summed E-state index contributed by atoms with van der Waals surface area (Å²) in [5, 5.41) is 0.720. The minimum absolute atomic E-state index is 0.199. The Bertz CT molecular complexity index is 1020. The summed E-state index contributed by atoms with van der Waals surface area (Å²) in [6, 6.07) is 11.7. The number of carbonyl (C=O) groups is 2. The Morgan fingerprint density at radius 2 is 1.85 bits per heavy atom. The third-order valence-corrected chi connectivity index (χ3v) is 3.86. The van der Waals surface area contributed by atoms with Crippen LogP contribution in [0.1, 0.15) is 21.5 Å². The van der Waals surface area contributed by atoms with Gasteiger partial charge in [-0.2, -0.15) is 13.2 Å². The van der Waals surface area contributed by atoms with E-state index in [1.165, 1.54) is 18.2 Å². The number of nitrogens with one attached hydrogen (secondary N) is 1. The number of para-hydroxylation sites is 1. The number of Topliss-reactive ketones (excluding diaryl/α,β-unsaturated/α-hetero) is 1. The van der Waals surface area contributed by atoms with Gasteiger partial charge in [0.25, 0.3) is 0 Å². The molecule has 3 aromatic rings. The van der Waals surface area contributed by atoms with Crippen LogP contribution in [0.4, 0.5) is 13.2 Å². The SMILES string of the molecule is O=C(/C=C/c1cccc(C(F)(F)F)c1)OCC(=O)c1c[nH]c2ccccc12. The Balaban J connectivity index is 1.61. The van der Waals surface area contributed by atoms with Crippen molar-refractivity contribution in [1.29, 1.82) is 0 Å². The van der Waals surface area contributed by atoms with E-state index in [2.05, 4.69) is 4.98 Å². The Labute approximate surface area is 152 Å². The average Bonchev–Trinajstić information content (AvgIpc) is 3.08. The lowest BCUT2D eigenvalue weighted by Gasteiger charge is -2.06. The summed E-state index contributed by atoms with van der Waals surface area (Å²) in [5.41, 5.74) is 0.578. The molecule has 0 unspecified atom stereocenters. The molecule has 2 aromatic carbocycles. The molecule has 0 amide bonds. The molecule has 0 fully saturated rings. The maximum Gasteiger partial charge on any atom is 0.416 e. The van der Waals surface area contributed by atoms with Crippen molar-refractivity contribution in [3.8, 4) is 0 Å². The molecule has 4 nitrogen and oxygen atoms in total. The monoisotopic (exact) mass is 373 g/mol. The number of ether oxygens (including phenoxy) is 1. The van der Waals surface area contributed by atoms with E-state index in [0.29, 0.717) is 5.56 Å². The molecule has 0 saturated carbocycles. The molecule has 7 heteroatoms. The van der Waals surface area contributed by atoms with E-state index in [4.69, 9.17) is 4.74 Å². The highest BCUT2D eigenvalue weighted by molar-refractivity contribution is 6.09. The second-order valence-electron chi connectivity index (χ2n) is 5.74. The van der Waals surface area contributed by atoms with E-state index in [0.717, 1.165) is 29.1 Å². The third kappa shape index (κ3) is 4.44. The molecule has 27 heavy (non-hydrogen) atoms. The van der Waals surface area contributed by atoms with Crippen LogP contribution in [-0.4, -0.2) is 23.3 Å². The Kier molecular flexibility index (Phi) is 5.12. The molecule has 0 spiro atoms. The van der Waals surface area contributed by atoms with Crippen LogP contribution in [0.2, 0.25) is 0 Å². The van der Waals surface area contributed by atoms with Crippen molar-refractivity contribution < 1.29 is 27.5 Å². The molecule has 0 aliphatic rings. The van der Waals surface area contributed by atoms with Crippen molar-refractivity contribution in [2.75, 3.05) is 6.61 Å². The van der Waals surface area contributed by atoms with Gasteiger partial charge in [0.2, 0.25) is 5.78 Å². The van der Waals surface area contributed by atoms with E-state index in [9.17, 15) is 22.8 Å². The number of alkyl halides is 3. The molecular formula is C20H14F3NO3. The zero-order valence-corrected chi connectivity index (χ0v) is 13.9. The fraction of sp³-hybridized carbons (Fsp3) is 0.100. The lowest BCUT2D eigenvalue weighted by atomic mass is 10.1. The number of halogens is 3. The normalized spacial score (nSPS) is 11.8. The number of benzene rings is 2. The second kappa shape index (κ2) is 7.49. The molecule has 0 aliphatic heterocycles. The number of H-pyrrole nitrogens is 1. The van der Waals surface area contributed by atoms with Gasteiger partial charge in [-0.1, -0.05) is 30.3 Å². The summed E-state index contributed by atoms with van der Waals surface area (Å²) >= 11 is 0. The van der Waals surface area contributed by atoms with Crippen LogP contribution in [0.5, 0.6) is 0 Å². The van der Waals surface area contributed by atoms with Crippen molar-refractivity contribution in [2.45, 2.75) is 6.18 Å². The average molecular weight is 373 g/mol. The molecule has 0 atom stereocenters. The molecule has 138 valence electrons. The first-order valence-electron chi connectivity index (χ1n) is 7.96. The molecule has 0 saturated heterocycles. The highest BCUT2D eigenvalue weighted by atomic mass is 19.4. The lowest BCUT2D eigenvalue weighted by molar-refractivity contribution is -0.138. The van der Waals surface area contributed by atoms with Crippen molar-refractivity contribution >= 4 is 28.7 Å². The van der Waals surface area contributed by atoms with Gasteiger partial charge in [0.1, 0.15) is 0 Å². The van der Waals surface area contributed by atoms with Crippen LogP contribution in [0.3, 0.4) is 0 Å². The maximum atomic E-state index is 12.7. The summed E-state index contributed by atoms with van der Waals surface area (Å²) in [5.74, 6) is -1.20. The second-order valence-corrected chi connectivity index (χ2v) is 5.74. The van der Waals surface area contributed by atoms with Gasteiger partial charge in [-0.25, -0.2) is 4.79 Å². The maximum absolute atomic E-state index is 12.7. The number of fused-ring (bicyclic) bond motifs is 1. The molecule has 0 bridgehead atoms. The van der Waals surface area contributed by atoms with Crippen molar-refractivity contribution in [3.63, 3.8) is 0 Å². The predicted octanol–water partition coefficient (Wildman–Crippen LogP) is 4.63. The topological polar surface area (TPSA) is 59.2 Å². The largest absolute Gasteiger partial charge is 0.454 e. The summed E-state index contributed by atoms with van der Waals surface area (Å²) in [4.78, 5) is 26.9. The van der Waals surface area contributed by atoms with Crippen LogP contribution in [-0.2, 0) is 15.7 Å². The smallest absolute Gasteiger partial charge is 0.416 e. The first kappa shape index (κ1) is 18.4. The standard InChI is InChI=1S/C20H14F3NO3/c21-20(22,23)14-5-3-4-13(10-14)8-9-19(26)27-12-18(25)16-11-24-17-7-2-1-6-15(16)17/h1-11,24H,12H2/b9-8+. The number of rotatable bonds is 5. The lowest BCUT2D eigenvalue weighted by Crippen LogP contribution is -2.12. The van der Waals surface area contributed by atoms with E-state index < -0.39 is 24.3 Å². The number of aromatic amines is 1. The fourth-order valence-corrected chi connectivity index (χ4v) is 2.55. The zero-order valence-electron chi connectivity index (χ0n) is 13.9. The zero-order chi connectivity index (χ0) is 19.4. The van der Waals surface area contributed by atoms with Gasteiger partial charge in [-0.3, -0.25) is 4.79 Å². The Hall–Kier alpha value is -3.35. The fourth-order valence-electron chi connectivity index (χ4n) is 2.55. The van der Waals surface area contributed by atoms with Crippen molar-refractivity contribution in [2.24, 2.45) is 0 Å². The van der Waals surface area contributed by atoms with E-state index in [-0.39, 0.29) is 11.3 Å². The Morgan fingerprint density at radius 1 is 1.07 bits per heavy atom. The Morgan fingerprint density at radius 3 is 2.63 bits per heavy atom. The van der Waals surface area contributed by atoms with Gasteiger partial charge in [-0.15, -0.1) is 0 Å². The molecule has 3 rings (SSSR count). The molecule has 0 radical (unpaired) electrons. The van der Waals surface area contributed by atoms with E-state index in [1.807, 2.05) is 12.1 Å². The van der Waals surface area contributed by atoms with Gasteiger partial charge in [-0.05, 0) is 29.8 Å². The van der Waals surface area contributed by atoms with Crippen LogP contribution in [0.25, 0.3) is 17.0 Å². The summed E-state index contributed by atoms with van der Waals surface area (Å²) in [6.45, 7) is -0.465. The number of aromatic nitrogens is 1. The van der Waals surface area contributed by atoms with Gasteiger partial charge in [0.15, 0.2) is 6.61 Å². The van der Waals surface area contributed by atoms with Gasteiger partial charge in [0, 0.05) is 28.7 Å². The number of hydrogen-bond acceptors (Lipinski definition) is 3. The van der Waals surface area contributed by atoms with Crippen molar-refractivity contribution in [3.05, 3.63) is 77.5 Å². The van der Waals surface area contributed by atoms with Crippen LogP contribution >= 0.6 is 0 Å². The highest BCUT2D eigenvalue weighted by Gasteiger charge is 2.30. The molecule has 0 aliphatic carbocycles. The van der Waals surface area contributed by atoms with Crippen LogP contribution in [0.15, 0.2) is 60.8 Å². The first-order chi connectivity index (χ1) is 12.8. The number of carbonyl (C=O) groups excluding carboxylic acids is 2. The molecule has 1 heterocycles. The number of hydrogen-bond donors (Lipinski definition) is 1. The quantitative estimate of drug-likeness (QED) is 0.403. The molecule has 1 N–H and O–H groups in total. The summed E-state index contributed by atoms with van der Waals surface area (Å²) in [6.07, 6.45) is -0.735. The van der Waals surface area contributed by atoms with Crippen molar-refractivity contribution in [1.82, 2.24) is 4.98 Å². The summed E-state index contributed by atoms with van der Waals surface area (Å²) in [7, 11) is 0. The molecular weight excluding hydrogens is 359 g/mol. The minimum atomic E-state index is -4.46. The third-order valence-electron chi connectivity index (χ3n) is 3.86. The minimum Gasteiger partial charge on any atom is -0.454 e. The number of esters is 1. The van der Waals surface area contributed by atoms with Crippen LogP contribution in [0, 0.1) is 0 Å². The van der Waals surface area contributed by atoms with Crippen LogP contribution < -0.4 is 0 Å². The highest BCUT2D eigenvalue weighted by Crippen LogP contribution is 2.29. The van der Waals surface area contributed by atoms with E-state index in [1.54, 1.807) is 18.3 Å². The molecule has 1 aromatic heterocycles. The first-order valence-corrected chi connectivity index (χ1v) is 7.96. The van der Waals surface area contributed by atoms with E-state index >= 15 is 0 Å². The van der Waals surface area contributed by atoms with Gasteiger partial charge >= 0.3 is 12.1 Å². The van der Waals surface area contributed by atoms with Gasteiger partial charge in [0.05, 0.1) is 5.56 Å².